The summed E-state index contributed by atoms with van der Waals surface area (Å²) < 4.78 is 26.2. The molecule has 0 fully saturated rings. The Morgan fingerprint density at radius 1 is 1.29 bits per heavy atom. The Bertz CT molecular complexity index is 577. The lowest BCUT2D eigenvalue weighted by Crippen LogP contribution is -2.23. The lowest BCUT2D eigenvalue weighted by atomic mass is 10.3. The van der Waals surface area contributed by atoms with E-state index < -0.39 is 10.0 Å². The normalized spacial score (nSPS) is 11.5. The number of benzene rings is 1. The molecule has 1 aromatic heterocycles. The Morgan fingerprint density at radius 2 is 2.00 bits per heavy atom. The van der Waals surface area contributed by atoms with Crippen molar-refractivity contribution in [2.24, 2.45) is 0 Å². The Balaban J connectivity index is 2.11. The number of thiazole rings is 1. The fraction of sp³-hybridized carbons (Fsp3) is 0.100. The number of anilines is 1. The van der Waals surface area contributed by atoms with E-state index in [2.05, 4.69) is 9.71 Å². The molecule has 17 heavy (non-hydrogen) atoms. The maximum Gasteiger partial charge on any atom is 0.240 e. The fourth-order valence-electron chi connectivity index (χ4n) is 1.22. The molecular weight excluding hydrogens is 258 g/mol. The standard InChI is InChI=1S/C10H11N3O2S2/c11-8-1-3-10(4-2-8)17(14,15)13-5-9-6-16-7-12-9/h1-4,6-7,13H,5,11H2. The van der Waals surface area contributed by atoms with Gasteiger partial charge in [0.2, 0.25) is 10.0 Å². The average Bonchev–Trinajstić information content (AvgIpc) is 2.80. The van der Waals surface area contributed by atoms with E-state index in [0.717, 1.165) is 0 Å². The Hall–Kier alpha value is -1.44. The minimum Gasteiger partial charge on any atom is -0.399 e. The Morgan fingerprint density at radius 3 is 2.59 bits per heavy atom. The van der Waals surface area contributed by atoms with Crippen molar-refractivity contribution in [2.75, 3.05) is 5.73 Å². The summed E-state index contributed by atoms with van der Waals surface area (Å²) >= 11 is 1.43. The molecule has 5 nitrogen and oxygen atoms in total. The van der Waals surface area contributed by atoms with Gasteiger partial charge in [-0.3, -0.25) is 0 Å². The largest absolute Gasteiger partial charge is 0.399 e. The van der Waals surface area contributed by atoms with Crippen LogP contribution < -0.4 is 10.5 Å². The van der Waals surface area contributed by atoms with E-state index in [0.29, 0.717) is 11.4 Å². The van der Waals surface area contributed by atoms with Crippen LogP contribution in [0.25, 0.3) is 0 Å². The van der Waals surface area contributed by atoms with E-state index in [9.17, 15) is 8.42 Å². The van der Waals surface area contributed by atoms with E-state index in [-0.39, 0.29) is 11.4 Å². The number of sulfonamides is 1. The second-order valence-corrected chi connectivity index (χ2v) is 5.86. The van der Waals surface area contributed by atoms with Crippen LogP contribution in [0.2, 0.25) is 0 Å². The first-order valence-electron chi connectivity index (χ1n) is 4.80. The predicted molar refractivity (Wildman–Crippen MR) is 67.0 cm³/mol. The van der Waals surface area contributed by atoms with Gasteiger partial charge >= 0.3 is 0 Å². The van der Waals surface area contributed by atoms with Gasteiger partial charge in [-0.15, -0.1) is 11.3 Å². The summed E-state index contributed by atoms with van der Waals surface area (Å²) in [5.41, 5.74) is 8.39. The number of hydrogen-bond acceptors (Lipinski definition) is 5. The third-order valence-electron chi connectivity index (χ3n) is 2.12. The predicted octanol–water partition coefficient (Wildman–Crippen LogP) is 1.20. The highest BCUT2D eigenvalue weighted by Gasteiger charge is 2.13. The van der Waals surface area contributed by atoms with Crippen molar-refractivity contribution < 1.29 is 8.42 Å². The number of nitrogen functional groups attached to an aromatic ring is 1. The van der Waals surface area contributed by atoms with Crippen LogP contribution in [-0.2, 0) is 16.6 Å². The summed E-state index contributed by atoms with van der Waals surface area (Å²) in [5, 5.41) is 1.80. The molecule has 3 N–H and O–H groups in total. The third kappa shape index (κ3) is 3.02. The number of nitrogens with two attached hydrogens (primary N) is 1. The molecule has 1 aromatic carbocycles. The van der Waals surface area contributed by atoms with Gasteiger partial charge in [-0.2, -0.15) is 0 Å². The van der Waals surface area contributed by atoms with Crippen molar-refractivity contribution in [1.29, 1.82) is 0 Å². The van der Waals surface area contributed by atoms with Crippen molar-refractivity contribution >= 4 is 27.0 Å². The van der Waals surface area contributed by atoms with E-state index in [4.69, 9.17) is 5.73 Å². The summed E-state index contributed by atoms with van der Waals surface area (Å²) in [5.74, 6) is 0. The smallest absolute Gasteiger partial charge is 0.240 e. The number of rotatable bonds is 4. The summed E-state index contributed by atoms with van der Waals surface area (Å²) in [6.45, 7) is 0.191. The lowest BCUT2D eigenvalue weighted by molar-refractivity contribution is 0.580. The van der Waals surface area contributed by atoms with Crippen LogP contribution in [0, 0.1) is 0 Å². The second kappa shape index (κ2) is 4.82. The minimum atomic E-state index is -3.49. The van der Waals surface area contributed by atoms with Crippen molar-refractivity contribution in [2.45, 2.75) is 11.4 Å². The fourth-order valence-corrected chi connectivity index (χ4v) is 2.78. The molecule has 0 aliphatic rings. The molecule has 0 saturated carbocycles. The maximum atomic E-state index is 11.9. The summed E-state index contributed by atoms with van der Waals surface area (Å²) in [7, 11) is -3.49. The van der Waals surface area contributed by atoms with Gasteiger partial charge in [-0.05, 0) is 24.3 Å². The van der Waals surface area contributed by atoms with E-state index >= 15 is 0 Å². The van der Waals surface area contributed by atoms with Gasteiger partial charge in [0.15, 0.2) is 0 Å². The molecular formula is C10H11N3O2S2. The molecule has 0 amide bonds. The zero-order valence-corrected chi connectivity index (χ0v) is 10.5. The summed E-state index contributed by atoms with van der Waals surface area (Å²) in [6, 6.07) is 6.05. The molecule has 1 heterocycles. The van der Waals surface area contributed by atoms with Gasteiger partial charge in [0.05, 0.1) is 22.6 Å². The van der Waals surface area contributed by atoms with Gasteiger partial charge in [0.25, 0.3) is 0 Å². The molecule has 0 radical (unpaired) electrons. The van der Waals surface area contributed by atoms with E-state index in [1.54, 1.807) is 23.0 Å². The molecule has 2 aromatic rings. The second-order valence-electron chi connectivity index (χ2n) is 3.37. The number of hydrogen-bond donors (Lipinski definition) is 2. The highest BCUT2D eigenvalue weighted by molar-refractivity contribution is 7.89. The third-order valence-corrected chi connectivity index (χ3v) is 4.17. The number of nitrogens with zero attached hydrogens (tertiary/aromatic N) is 1. The molecule has 0 aliphatic carbocycles. The quantitative estimate of drug-likeness (QED) is 0.817. The zero-order valence-electron chi connectivity index (χ0n) is 8.83. The average molecular weight is 269 g/mol. The highest BCUT2D eigenvalue weighted by Crippen LogP contribution is 2.12. The number of nitrogens with one attached hydrogen (secondary N) is 1. The van der Waals surface area contributed by atoms with Crippen LogP contribution in [0.3, 0.4) is 0 Å². The molecule has 0 bridgehead atoms. The molecule has 0 spiro atoms. The van der Waals surface area contributed by atoms with Gasteiger partial charge in [-0.25, -0.2) is 18.1 Å². The molecule has 0 atom stereocenters. The van der Waals surface area contributed by atoms with Crippen molar-refractivity contribution in [3.63, 3.8) is 0 Å². The zero-order chi connectivity index (χ0) is 12.3. The molecule has 2 rings (SSSR count). The van der Waals surface area contributed by atoms with Crippen LogP contribution >= 0.6 is 11.3 Å². The van der Waals surface area contributed by atoms with Crippen LogP contribution in [0.15, 0.2) is 40.1 Å². The van der Waals surface area contributed by atoms with E-state index in [1.165, 1.54) is 23.5 Å². The van der Waals surface area contributed by atoms with E-state index in [1.807, 2.05) is 0 Å². The maximum absolute atomic E-state index is 11.9. The van der Waals surface area contributed by atoms with Crippen LogP contribution in [0.4, 0.5) is 5.69 Å². The molecule has 0 aliphatic heterocycles. The molecule has 0 unspecified atom stereocenters. The van der Waals surface area contributed by atoms with Gasteiger partial charge < -0.3 is 5.73 Å². The monoisotopic (exact) mass is 269 g/mol. The van der Waals surface area contributed by atoms with Crippen molar-refractivity contribution in [3.8, 4) is 0 Å². The van der Waals surface area contributed by atoms with Gasteiger partial charge in [0, 0.05) is 11.1 Å². The van der Waals surface area contributed by atoms with Crippen LogP contribution in [-0.4, -0.2) is 13.4 Å². The molecule has 0 saturated heterocycles. The first kappa shape index (κ1) is 12.0. The topological polar surface area (TPSA) is 85.1 Å². The van der Waals surface area contributed by atoms with Crippen molar-refractivity contribution in [1.82, 2.24) is 9.71 Å². The van der Waals surface area contributed by atoms with Crippen LogP contribution in [0.1, 0.15) is 5.69 Å². The SMILES string of the molecule is Nc1ccc(S(=O)(=O)NCc2cscn2)cc1. The van der Waals surface area contributed by atoms with Crippen molar-refractivity contribution in [3.05, 3.63) is 40.8 Å². The first-order valence-corrected chi connectivity index (χ1v) is 7.23. The molecule has 7 heteroatoms. The summed E-state index contributed by atoms with van der Waals surface area (Å²) in [4.78, 5) is 4.19. The lowest BCUT2D eigenvalue weighted by Gasteiger charge is -2.05. The minimum absolute atomic E-state index is 0.191. The Kier molecular flexibility index (Phi) is 3.41. The molecule has 90 valence electrons. The summed E-state index contributed by atoms with van der Waals surface area (Å²) in [6.07, 6.45) is 0. The first-order chi connectivity index (χ1) is 8.08. The van der Waals surface area contributed by atoms with Crippen LogP contribution in [0.5, 0.6) is 0 Å². The van der Waals surface area contributed by atoms with Gasteiger partial charge in [0.1, 0.15) is 0 Å². The Labute approximate surface area is 103 Å². The highest BCUT2D eigenvalue weighted by atomic mass is 32.2. The van der Waals surface area contributed by atoms with Gasteiger partial charge in [-0.1, -0.05) is 0 Å². The number of aromatic nitrogens is 1.